The molecule has 1 amide bonds. The van der Waals surface area contributed by atoms with Crippen LogP contribution in [0.2, 0.25) is 0 Å². The number of nitrogens with one attached hydrogen (secondary N) is 1. The van der Waals surface area contributed by atoms with Crippen molar-refractivity contribution in [3.05, 3.63) is 47.0 Å². The van der Waals surface area contributed by atoms with E-state index in [1.807, 2.05) is 23.1 Å². The van der Waals surface area contributed by atoms with E-state index in [2.05, 4.69) is 16.0 Å². The lowest BCUT2D eigenvalue weighted by Gasteiger charge is -2.36. The smallest absolute Gasteiger partial charge is 0.223 e. The number of thiazole rings is 1. The average molecular weight is 352 g/mol. The summed E-state index contributed by atoms with van der Waals surface area (Å²) in [6, 6.07) is 8.01. The van der Waals surface area contributed by atoms with Crippen LogP contribution in [0.5, 0.6) is 0 Å². The molecule has 1 N–H and O–H groups in total. The summed E-state index contributed by atoms with van der Waals surface area (Å²) in [5, 5.41) is 0.969. The van der Waals surface area contributed by atoms with Crippen LogP contribution >= 0.6 is 11.3 Å². The number of rotatable bonds is 3. The second-order valence-corrected chi connectivity index (χ2v) is 8.09. The number of amides is 1. The van der Waals surface area contributed by atoms with E-state index in [0.29, 0.717) is 12.3 Å². The number of carbonyl (C=O) groups excluding carboxylic acids is 1. The van der Waals surface area contributed by atoms with Crippen molar-refractivity contribution in [2.24, 2.45) is 5.92 Å². The zero-order valence-electron chi connectivity index (χ0n) is 13.9. The SMILES string of the molecule is O=C(CC1CCC1)N1CCc2[nH]cnc2C1c1nc2ccccc2s1. The summed E-state index contributed by atoms with van der Waals surface area (Å²) in [5.41, 5.74) is 3.10. The third kappa shape index (κ3) is 2.56. The molecule has 3 heterocycles. The highest BCUT2D eigenvalue weighted by Gasteiger charge is 2.37. The Kier molecular flexibility index (Phi) is 3.59. The van der Waals surface area contributed by atoms with Gasteiger partial charge in [0.25, 0.3) is 0 Å². The highest BCUT2D eigenvalue weighted by atomic mass is 32.1. The first-order valence-corrected chi connectivity index (χ1v) is 9.78. The van der Waals surface area contributed by atoms with Crippen LogP contribution in [-0.4, -0.2) is 32.3 Å². The fourth-order valence-corrected chi connectivity index (χ4v) is 4.95. The summed E-state index contributed by atoms with van der Waals surface area (Å²) in [5.74, 6) is 0.826. The molecule has 1 aliphatic heterocycles. The molecule has 1 fully saturated rings. The molecule has 1 saturated carbocycles. The fraction of sp³-hybridized carbons (Fsp3) is 0.421. The molecule has 0 radical (unpaired) electrons. The van der Waals surface area contributed by atoms with Crippen LogP contribution in [0.3, 0.4) is 0 Å². The van der Waals surface area contributed by atoms with Gasteiger partial charge in [0.05, 0.1) is 22.2 Å². The molecule has 2 aromatic heterocycles. The number of hydrogen-bond acceptors (Lipinski definition) is 4. The number of benzene rings is 1. The van der Waals surface area contributed by atoms with Gasteiger partial charge < -0.3 is 9.88 Å². The lowest BCUT2D eigenvalue weighted by atomic mass is 9.82. The van der Waals surface area contributed by atoms with Crippen molar-refractivity contribution in [2.75, 3.05) is 6.54 Å². The first-order chi connectivity index (χ1) is 12.3. The van der Waals surface area contributed by atoms with Crippen molar-refractivity contribution >= 4 is 27.5 Å². The van der Waals surface area contributed by atoms with E-state index in [0.717, 1.165) is 39.6 Å². The van der Waals surface area contributed by atoms with Gasteiger partial charge in [-0.15, -0.1) is 11.3 Å². The minimum absolute atomic E-state index is 0.153. The Bertz CT molecular complexity index is 893. The van der Waals surface area contributed by atoms with E-state index >= 15 is 0 Å². The number of aromatic amines is 1. The van der Waals surface area contributed by atoms with E-state index in [1.165, 1.54) is 19.3 Å². The van der Waals surface area contributed by atoms with Gasteiger partial charge in [0.15, 0.2) is 0 Å². The van der Waals surface area contributed by atoms with Gasteiger partial charge in [-0.1, -0.05) is 18.6 Å². The van der Waals surface area contributed by atoms with Gasteiger partial charge in [0, 0.05) is 25.1 Å². The fourth-order valence-electron chi connectivity index (χ4n) is 3.86. The van der Waals surface area contributed by atoms with E-state index in [4.69, 9.17) is 4.98 Å². The Morgan fingerprint density at radius 3 is 3.00 bits per heavy atom. The molecule has 5 nitrogen and oxygen atoms in total. The highest BCUT2D eigenvalue weighted by molar-refractivity contribution is 7.18. The largest absolute Gasteiger partial charge is 0.348 e. The highest BCUT2D eigenvalue weighted by Crippen LogP contribution is 2.39. The van der Waals surface area contributed by atoms with Gasteiger partial charge >= 0.3 is 0 Å². The molecule has 128 valence electrons. The summed E-state index contributed by atoms with van der Waals surface area (Å²) < 4.78 is 1.16. The number of carbonyl (C=O) groups is 1. The second kappa shape index (κ2) is 5.95. The number of aromatic nitrogens is 3. The first kappa shape index (κ1) is 15.1. The van der Waals surface area contributed by atoms with Crippen LogP contribution in [0.25, 0.3) is 10.2 Å². The van der Waals surface area contributed by atoms with Crippen molar-refractivity contribution in [3.63, 3.8) is 0 Å². The molecule has 5 rings (SSSR count). The molecule has 2 aliphatic rings. The maximum Gasteiger partial charge on any atom is 0.223 e. The Balaban J connectivity index is 1.54. The number of imidazole rings is 1. The Morgan fingerprint density at radius 2 is 2.20 bits per heavy atom. The van der Waals surface area contributed by atoms with Crippen molar-refractivity contribution in [3.8, 4) is 0 Å². The molecule has 25 heavy (non-hydrogen) atoms. The summed E-state index contributed by atoms with van der Waals surface area (Å²) in [6.07, 6.45) is 6.90. The van der Waals surface area contributed by atoms with Gasteiger partial charge in [-0.3, -0.25) is 4.79 Å². The monoisotopic (exact) mass is 352 g/mol. The molecule has 1 atom stereocenters. The predicted molar refractivity (Wildman–Crippen MR) is 97.4 cm³/mol. The zero-order valence-corrected chi connectivity index (χ0v) is 14.8. The molecule has 0 bridgehead atoms. The molecular weight excluding hydrogens is 332 g/mol. The minimum Gasteiger partial charge on any atom is -0.348 e. The van der Waals surface area contributed by atoms with Gasteiger partial charge in [0.1, 0.15) is 11.0 Å². The first-order valence-electron chi connectivity index (χ1n) is 8.96. The quantitative estimate of drug-likeness (QED) is 0.782. The number of fused-ring (bicyclic) bond motifs is 2. The maximum absolute atomic E-state index is 13.0. The van der Waals surface area contributed by atoms with Crippen LogP contribution in [0, 0.1) is 5.92 Å². The summed E-state index contributed by atoms with van der Waals surface area (Å²) in [7, 11) is 0. The van der Waals surface area contributed by atoms with Gasteiger partial charge in [-0.2, -0.15) is 0 Å². The predicted octanol–water partition coefficient (Wildman–Crippen LogP) is 3.68. The van der Waals surface area contributed by atoms with Crippen molar-refractivity contribution in [2.45, 2.75) is 38.1 Å². The topological polar surface area (TPSA) is 61.9 Å². The zero-order chi connectivity index (χ0) is 16.8. The maximum atomic E-state index is 13.0. The van der Waals surface area contributed by atoms with Crippen LogP contribution in [0.15, 0.2) is 30.6 Å². The second-order valence-electron chi connectivity index (χ2n) is 7.03. The molecule has 0 spiro atoms. The van der Waals surface area contributed by atoms with Crippen molar-refractivity contribution < 1.29 is 4.79 Å². The lowest BCUT2D eigenvalue weighted by Crippen LogP contribution is -2.41. The number of nitrogens with zero attached hydrogens (tertiary/aromatic N) is 3. The number of hydrogen-bond donors (Lipinski definition) is 1. The molecule has 1 aromatic carbocycles. The summed E-state index contributed by atoms with van der Waals surface area (Å²) in [6.45, 7) is 0.737. The number of para-hydroxylation sites is 1. The molecule has 1 unspecified atom stereocenters. The van der Waals surface area contributed by atoms with E-state index in [9.17, 15) is 4.79 Å². The molecule has 1 aliphatic carbocycles. The van der Waals surface area contributed by atoms with Crippen LogP contribution in [0.4, 0.5) is 0 Å². The summed E-state index contributed by atoms with van der Waals surface area (Å²) >= 11 is 1.67. The lowest BCUT2D eigenvalue weighted by molar-refractivity contribution is -0.135. The molecule has 0 saturated heterocycles. The van der Waals surface area contributed by atoms with Gasteiger partial charge in [0.2, 0.25) is 5.91 Å². The normalized spacial score (nSPS) is 20.5. The average Bonchev–Trinajstić information content (AvgIpc) is 3.22. The number of H-pyrrole nitrogens is 1. The standard InChI is InChI=1S/C19H20N4OS/c24-16(10-12-4-3-5-12)23-9-8-14-17(21-11-20-14)18(23)19-22-13-6-1-2-7-15(13)25-19/h1-2,6-7,11-12,18H,3-5,8-10H2,(H,20,21). The van der Waals surface area contributed by atoms with E-state index < -0.39 is 0 Å². The van der Waals surface area contributed by atoms with Crippen molar-refractivity contribution in [1.29, 1.82) is 0 Å². The molecule has 3 aromatic rings. The molecule has 6 heteroatoms. The van der Waals surface area contributed by atoms with E-state index in [-0.39, 0.29) is 11.9 Å². The van der Waals surface area contributed by atoms with Crippen LogP contribution in [0.1, 0.15) is 48.1 Å². The minimum atomic E-state index is -0.153. The van der Waals surface area contributed by atoms with Crippen molar-refractivity contribution in [1.82, 2.24) is 19.9 Å². The Labute approximate surface area is 150 Å². The van der Waals surface area contributed by atoms with E-state index in [1.54, 1.807) is 17.7 Å². The third-order valence-corrected chi connectivity index (χ3v) is 6.57. The third-order valence-electron chi connectivity index (χ3n) is 5.48. The Morgan fingerprint density at radius 1 is 1.32 bits per heavy atom. The van der Waals surface area contributed by atoms with Crippen LogP contribution < -0.4 is 0 Å². The Hall–Kier alpha value is -2.21. The van der Waals surface area contributed by atoms with Gasteiger partial charge in [-0.25, -0.2) is 9.97 Å². The van der Waals surface area contributed by atoms with Crippen LogP contribution in [-0.2, 0) is 11.2 Å². The van der Waals surface area contributed by atoms with Gasteiger partial charge in [-0.05, 0) is 30.9 Å². The molecular formula is C19H20N4OS. The summed E-state index contributed by atoms with van der Waals surface area (Å²) in [4.78, 5) is 27.6.